The summed E-state index contributed by atoms with van der Waals surface area (Å²) in [6, 6.07) is 27.1. The van der Waals surface area contributed by atoms with Crippen LogP contribution in [0, 0.1) is 11.3 Å². The Kier molecular flexibility index (Phi) is 4.69. The lowest BCUT2D eigenvalue weighted by Gasteiger charge is -2.07. The first kappa shape index (κ1) is 15.5. The van der Waals surface area contributed by atoms with Crippen LogP contribution in [0.15, 0.2) is 78.9 Å². The first-order chi connectivity index (χ1) is 11.7. The summed E-state index contributed by atoms with van der Waals surface area (Å²) in [5.74, 6) is -0.0995. The van der Waals surface area contributed by atoms with E-state index in [1.807, 2.05) is 42.5 Å². The Balaban J connectivity index is 1.65. The normalized spacial score (nSPS) is 9.96. The van der Waals surface area contributed by atoms with Crippen molar-refractivity contribution >= 4 is 11.6 Å². The van der Waals surface area contributed by atoms with E-state index in [0.29, 0.717) is 17.7 Å². The molecular formula is C21H16N2O. The van der Waals surface area contributed by atoms with E-state index < -0.39 is 0 Å². The van der Waals surface area contributed by atoms with Gasteiger partial charge >= 0.3 is 0 Å². The van der Waals surface area contributed by atoms with Gasteiger partial charge in [-0.2, -0.15) is 5.26 Å². The van der Waals surface area contributed by atoms with Crippen molar-refractivity contribution in [2.75, 3.05) is 5.32 Å². The third-order valence-electron chi connectivity index (χ3n) is 3.70. The largest absolute Gasteiger partial charge is 0.326 e. The van der Waals surface area contributed by atoms with Crippen LogP contribution < -0.4 is 5.32 Å². The van der Waals surface area contributed by atoms with Gasteiger partial charge < -0.3 is 5.32 Å². The van der Waals surface area contributed by atoms with Gasteiger partial charge in [0.1, 0.15) is 0 Å². The van der Waals surface area contributed by atoms with E-state index in [9.17, 15) is 4.79 Å². The summed E-state index contributed by atoms with van der Waals surface area (Å²) in [5, 5.41) is 11.7. The van der Waals surface area contributed by atoms with Gasteiger partial charge in [0.15, 0.2) is 0 Å². The van der Waals surface area contributed by atoms with Crippen LogP contribution >= 0.6 is 0 Å². The highest BCUT2D eigenvalue weighted by Crippen LogP contribution is 2.19. The van der Waals surface area contributed by atoms with Crippen molar-refractivity contribution < 1.29 is 4.79 Å². The summed E-state index contributed by atoms with van der Waals surface area (Å²) in [6.45, 7) is 0. The number of hydrogen-bond acceptors (Lipinski definition) is 2. The Morgan fingerprint density at radius 1 is 0.875 bits per heavy atom. The summed E-state index contributed by atoms with van der Waals surface area (Å²) in [7, 11) is 0. The molecule has 0 aliphatic carbocycles. The van der Waals surface area contributed by atoms with Crippen LogP contribution in [0.4, 0.5) is 5.69 Å². The van der Waals surface area contributed by atoms with Crippen LogP contribution in [0.3, 0.4) is 0 Å². The molecule has 0 atom stereocenters. The third kappa shape index (κ3) is 3.88. The van der Waals surface area contributed by atoms with Gasteiger partial charge in [-0.3, -0.25) is 4.79 Å². The molecule has 1 N–H and O–H groups in total. The van der Waals surface area contributed by atoms with Crippen molar-refractivity contribution in [1.82, 2.24) is 0 Å². The van der Waals surface area contributed by atoms with Crippen LogP contribution in [-0.2, 0) is 11.2 Å². The second-order valence-electron chi connectivity index (χ2n) is 5.48. The van der Waals surface area contributed by atoms with Gasteiger partial charge in [-0.15, -0.1) is 0 Å². The fourth-order valence-electron chi connectivity index (χ4n) is 2.50. The number of hydrogen-bond donors (Lipinski definition) is 1. The molecule has 0 saturated heterocycles. The van der Waals surface area contributed by atoms with E-state index in [1.54, 1.807) is 24.3 Å². The molecule has 0 spiro atoms. The summed E-state index contributed by atoms with van der Waals surface area (Å²) < 4.78 is 0. The topological polar surface area (TPSA) is 52.9 Å². The van der Waals surface area contributed by atoms with Gasteiger partial charge in [0.25, 0.3) is 0 Å². The quantitative estimate of drug-likeness (QED) is 0.776. The Labute approximate surface area is 141 Å². The van der Waals surface area contributed by atoms with E-state index in [4.69, 9.17) is 5.26 Å². The molecule has 24 heavy (non-hydrogen) atoms. The predicted octanol–water partition coefficient (Wildman–Crippen LogP) is 4.41. The molecule has 0 fully saturated rings. The van der Waals surface area contributed by atoms with Crippen LogP contribution in [0.25, 0.3) is 11.1 Å². The molecule has 3 rings (SSSR count). The van der Waals surface area contributed by atoms with E-state index in [1.165, 1.54) is 0 Å². The van der Waals surface area contributed by atoms with Crippen LogP contribution in [0.5, 0.6) is 0 Å². The first-order valence-corrected chi connectivity index (χ1v) is 7.69. The summed E-state index contributed by atoms with van der Waals surface area (Å²) in [4.78, 5) is 12.1. The lowest BCUT2D eigenvalue weighted by molar-refractivity contribution is -0.115. The average Bonchev–Trinajstić information content (AvgIpc) is 2.63. The average molecular weight is 312 g/mol. The molecular weight excluding hydrogens is 296 g/mol. The zero-order valence-electron chi connectivity index (χ0n) is 13.1. The Hall–Kier alpha value is -3.38. The van der Waals surface area contributed by atoms with Crippen LogP contribution in [-0.4, -0.2) is 5.91 Å². The van der Waals surface area contributed by atoms with Crippen molar-refractivity contribution in [2.24, 2.45) is 0 Å². The fraction of sp³-hybridized carbons (Fsp3) is 0.0476. The summed E-state index contributed by atoms with van der Waals surface area (Å²) >= 11 is 0. The molecule has 0 aliphatic rings. The maximum Gasteiger partial charge on any atom is 0.228 e. The maximum absolute atomic E-state index is 12.1. The highest BCUT2D eigenvalue weighted by Gasteiger charge is 2.05. The fourth-order valence-corrected chi connectivity index (χ4v) is 2.50. The second kappa shape index (κ2) is 7.26. The van der Waals surface area contributed by atoms with Gasteiger partial charge in [-0.1, -0.05) is 60.7 Å². The molecule has 0 aliphatic heterocycles. The monoisotopic (exact) mass is 312 g/mol. The minimum atomic E-state index is -0.0995. The number of carbonyl (C=O) groups is 1. The molecule has 116 valence electrons. The number of anilines is 1. The van der Waals surface area contributed by atoms with Crippen molar-refractivity contribution in [3.8, 4) is 17.2 Å². The number of amides is 1. The maximum atomic E-state index is 12.1. The van der Waals surface area contributed by atoms with Gasteiger partial charge in [0.2, 0.25) is 5.91 Å². The summed E-state index contributed by atoms with van der Waals surface area (Å²) in [5.41, 5.74) is 4.40. The van der Waals surface area contributed by atoms with E-state index in [-0.39, 0.29) is 5.91 Å². The van der Waals surface area contributed by atoms with Crippen LogP contribution in [0.2, 0.25) is 0 Å². The minimum Gasteiger partial charge on any atom is -0.326 e. The Morgan fingerprint density at radius 2 is 1.58 bits per heavy atom. The molecule has 0 bridgehead atoms. The second-order valence-corrected chi connectivity index (χ2v) is 5.48. The first-order valence-electron chi connectivity index (χ1n) is 7.69. The van der Waals surface area contributed by atoms with Crippen molar-refractivity contribution in [2.45, 2.75) is 6.42 Å². The third-order valence-corrected chi connectivity index (χ3v) is 3.70. The Morgan fingerprint density at radius 3 is 2.29 bits per heavy atom. The molecule has 0 unspecified atom stereocenters. The lowest BCUT2D eigenvalue weighted by atomic mass is 10.0. The molecule has 3 aromatic carbocycles. The van der Waals surface area contributed by atoms with Gasteiger partial charge in [0, 0.05) is 5.69 Å². The highest BCUT2D eigenvalue weighted by atomic mass is 16.1. The zero-order chi connectivity index (χ0) is 16.8. The SMILES string of the molecule is N#Cc1cccc(NC(=O)Cc2ccc(-c3ccccc3)cc2)c1. The highest BCUT2D eigenvalue weighted by molar-refractivity contribution is 5.92. The lowest BCUT2D eigenvalue weighted by Crippen LogP contribution is -2.14. The molecule has 1 amide bonds. The molecule has 0 heterocycles. The number of benzene rings is 3. The van der Waals surface area contributed by atoms with Crippen molar-refractivity contribution in [1.29, 1.82) is 5.26 Å². The smallest absolute Gasteiger partial charge is 0.228 e. The number of carbonyl (C=O) groups excluding carboxylic acids is 1. The molecule has 3 nitrogen and oxygen atoms in total. The zero-order valence-corrected chi connectivity index (χ0v) is 13.1. The number of nitrogens with one attached hydrogen (secondary N) is 1. The number of nitriles is 1. The standard InChI is InChI=1S/C21H16N2O/c22-15-17-5-4-8-20(13-17)23-21(24)14-16-9-11-19(12-10-16)18-6-2-1-3-7-18/h1-13H,14H2,(H,23,24). The van der Waals surface area contributed by atoms with Gasteiger partial charge in [0.05, 0.1) is 18.1 Å². The van der Waals surface area contributed by atoms with Crippen molar-refractivity contribution in [3.05, 3.63) is 90.0 Å². The van der Waals surface area contributed by atoms with Gasteiger partial charge in [-0.25, -0.2) is 0 Å². The van der Waals surface area contributed by atoms with Crippen LogP contribution in [0.1, 0.15) is 11.1 Å². The molecule has 3 aromatic rings. The van der Waals surface area contributed by atoms with Crippen molar-refractivity contribution in [3.63, 3.8) is 0 Å². The summed E-state index contributed by atoms with van der Waals surface area (Å²) in [6.07, 6.45) is 0.297. The molecule has 0 saturated carbocycles. The van der Waals surface area contributed by atoms with E-state index >= 15 is 0 Å². The van der Waals surface area contributed by atoms with E-state index in [0.717, 1.165) is 16.7 Å². The van der Waals surface area contributed by atoms with Gasteiger partial charge in [-0.05, 0) is 34.9 Å². The number of rotatable bonds is 4. The molecule has 0 aromatic heterocycles. The minimum absolute atomic E-state index is 0.0995. The predicted molar refractivity (Wildman–Crippen MR) is 95.4 cm³/mol. The molecule has 3 heteroatoms. The number of nitrogens with zero attached hydrogens (tertiary/aromatic N) is 1. The Bertz CT molecular complexity index is 878. The van der Waals surface area contributed by atoms with E-state index in [2.05, 4.69) is 23.5 Å². The molecule has 0 radical (unpaired) electrons.